The van der Waals surface area contributed by atoms with E-state index in [-0.39, 0.29) is 0 Å². The predicted octanol–water partition coefficient (Wildman–Crippen LogP) is 6.87. The van der Waals surface area contributed by atoms with Crippen molar-refractivity contribution in [2.24, 2.45) is 10.2 Å². The van der Waals surface area contributed by atoms with Crippen molar-refractivity contribution in [3.8, 4) is 0 Å². The van der Waals surface area contributed by atoms with Gasteiger partial charge in [0, 0.05) is 39.0 Å². The van der Waals surface area contributed by atoms with Crippen LogP contribution in [0.25, 0.3) is 32.6 Å². The second-order valence-electron chi connectivity index (χ2n) is 5.94. The van der Waals surface area contributed by atoms with E-state index in [2.05, 4.69) is 50.5 Å². The molecule has 0 unspecified atom stereocenters. The number of nitrogens with one attached hydrogen (secondary N) is 2. The van der Waals surface area contributed by atoms with E-state index >= 15 is 0 Å². The lowest BCUT2D eigenvalue weighted by molar-refractivity contribution is 1.24. The van der Waals surface area contributed by atoms with Crippen molar-refractivity contribution in [1.82, 2.24) is 9.97 Å². The lowest BCUT2D eigenvalue weighted by Crippen LogP contribution is -1.78. The quantitative estimate of drug-likeness (QED) is 0.328. The van der Waals surface area contributed by atoms with Crippen molar-refractivity contribution in [3.63, 3.8) is 0 Å². The van der Waals surface area contributed by atoms with E-state index in [4.69, 9.17) is 11.6 Å². The van der Waals surface area contributed by atoms with Crippen molar-refractivity contribution < 1.29 is 0 Å². The van der Waals surface area contributed by atoms with Crippen LogP contribution in [-0.2, 0) is 0 Å². The molecule has 0 atom stereocenters. The SMILES string of the molecule is Clc1ccc(N=Nc2c[nH]c3c2ccc2c3ccc3cc[nH]c32)cc1. The van der Waals surface area contributed by atoms with Gasteiger partial charge in [-0.25, -0.2) is 0 Å². The van der Waals surface area contributed by atoms with Crippen molar-refractivity contribution in [1.29, 1.82) is 0 Å². The molecule has 0 bridgehead atoms. The smallest absolute Gasteiger partial charge is 0.111 e. The number of fused-ring (bicyclic) bond motifs is 5. The number of H-pyrrole nitrogens is 2. The van der Waals surface area contributed by atoms with Crippen LogP contribution >= 0.6 is 11.6 Å². The first-order chi connectivity index (χ1) is 12.3. The van der Waals surface area contributed by atoms with Crippen molar-refractivity contribution in [2.45, 2.75) is 0 Å². The molecule has 0 aliphatic carbocycles. The summed E-state index contributed by atoms with van der Waals surface area (Å²) in [5, 5.41) is 14.0. The van der Waals surface area contributed by atoms with E-state index in [0.717, 1.165) is 27.8 Å². The molecular formula is C20H13ClN4. The van der Waals surface area contributed by atoms with Crippen LogP contribution in [0.5, 0.6) is 0 Å². The Hall–Kier alpha value is -3.11. The van der Waals surface area contributed by atoms with Crippen LogP contribution < -0.4 is 0 Å². The van der Waals surface area contributed by atoms with E-state index in [1.165, 1.54) is 16.2 Å². The second kappa shape index (κ2) is 5.46. The molecule has 0 saturated carbocycles. The molecule has 120 valence electrons. The minimum Gasteiger partial charge on any atom is -0.361 e. The number of halogens is 1. The molecule has 0 fully saturated rings. The van der Waals surface area contributed by atoms with Crippen molar-refractivity contribution >= 4 is 55.6 Å². The number of aromatic amines is 2. The number of azo groups is 1. The molecule has 3 aromatic carbocycles. The fourth-order valence-electron chi connectivity index (χ4n) is 3.23. The summed E-state index contributed by atoms with van der Waals surface area (Å²) in [5.41, 5.74) is 3.81. The van der Waals surface area contributed by atoms with Gasteiger partial charge in [-0.1, -0.05) is 29.8 Å². The first kappa shape index (κ1) is 14.3. The van der Waals surface area contributed by atoms with Crippen molar-refractivity contribution in [2.75, 3.05) is 0 Å². The highest BCUT2D eigenvalue weighted by atomic mass is 35.5. The molecule has 25 heavy (non-hydrogen) atoms. The first-order valence-corrected chi connectivity index (χ1v) is 8.34. The third kappa shape index (κ3) is 2.30. The molecule has 2 aromatic heterocycles. The molecule has 0 amide bonds. The largest absolute Gasteiger partial charge is 0.361 e. The van der Waals surface area contributed by atoms with Gasteiger partial charge in [0.1, 0.15) is 5.69 Å². The topological polar surface area (TPSA) is 56.3 Å². The third-order valence-electron chi connectivity index (χ3n) is 4.45. The first-order valence-electron chi connectivity index (χ1n) is 7.97. The average molecular weight is 345 g/mol. The van der Waals surface area contributed by atoms with Crippen LogP contribution in [0.4, 0.5) is 11.4 Å². The normalized spacial score (nSPS) is 12.0. The van der Waals surface area contributed by atoms with Gasteiger partial charge < -0.3 is 9.97 Å². The van der Waals surface area contributed by atoms with Crippen LogP contribution in [0.1, 0.15) is 0 Å². The van der Waals surface area contributed by atoms with Gasteiger partial charge >= 0.3 is 0 Å². The zero-order valence-corrected chi connectivity index (χ0v) is 13.9. The molecule has 0 aliphatic heterocycles. The fraction of sp³-hybridized carbons (Fsp3) is 0. The van der Waals surface area contributed by atoms with E-state index in [9.17, 15) is 0 Å². The zero-order valence-electron chi connectivity index (χ0n) is 13.1. The van der Waals surface area contributed by atoms with Gasteiger partial charge in [-0.3, -0.25) is 0 Å². The molecule has 2 N–H and O–H groups in total. The van der Waals surface area contributed by atoms with Crippen LogP contribution in [0, 0.1) is 0 Å². The molecule has 4 nitrogen and oxygen atoms in total. The van der Waals surface area contributed by atoms with Crippen LogP contribution in [-0.4, -0.2) is 9.97 Å². The summed E-state index contributed by atoms with van der Waals surface area (Å²) >= 11 is 5.90. The third-order valence-corrected chi connectivity index (χ3v) is 4.70. The number of hydrogen-bond acceptors (Lipinski definition) is 2. The van der Waals surface area contributed by atoms with E-state index < -0.39 is 0 Å². The summed E-state index contributed by atoms with van der Waals surface area (Å²) < 4.78 is 0. The van der Waals surface area contributed by atoms with Crippen LogP contribution in [0.3, 0.4) is 0 Å². The van der Waals surface area contributed by atoms with E-state index in [0.29, 0.717) is 5.02 Å². The minimum absolute atomic E-state index is 0.688. The van der Waals surface area contributed by atoms with Gasteiger partial charge in [-0.2, -0.15) is 5.11 Å². The lowest BCUT2D eigenvalue weighted by Gasteiger charge is -2.02. The van der Waals surface area contributed by atoms with Gasteiger partial charge in [0.15, 0.2) is 0 Å². The monoisotopic (exact) mass is 344 g/mol. The molecule has 5 rings (SSSR count). The summed E-state index contributed by atoms with van der Waals surface area (Å²) in [5.74, 6) is 0. The number of rotatable bonds is 2. The maximum atomic E-state index is 5.90. The second-order valence-corrected chi connectivity index (χ2v) is 6.38. The summed E-state index contributed by atoms with van der Waals surface area (Å²) in [6.45, 7) is 0. The molecule has 2 heterocycles. The molecule has 5 aromatic rings. The Balaban J connectivity index is 1.65. The highest BCUT2D eigenvalue weighted by Crippen LogP contribution is 2.35. The number of hydrogen-bond donors (Lipinski definition) is 2. The highest BCUT2D eigenvalue weighted by Gasteiger charge is 2.09. The molecule has 0 saturated heterocycles. The highest BCUT2D eigenvalue weighted by molar-refractivity contribution is 6.30. The maximum absolute atomic E-state index is 5.90. The van der Waals surface area contributed by atoms with E-state index in [1.54, 1.807) is 12.1 Å². The van der Waals surface area contributed by atoms with Gasteiger partial charge in [-0.05, 0) is 36.4 Å². The van der Waals surface area contributed by atoms with Crippen molar-refractivity contribution in [3.05, 3.63) is 72.0 Å². The van der Waals surface area contributed by atoms with Gasteiger partial charge in [0.2, 0.25) is 0 Å². The Bertz CT molecular complexity index is 1250. The Labute approximate surface area is 148 Å². The predicted molar refractivity (Wildman–Crippen MR) is 103 cm³/mol. The zero-order chi connectivity index (χ0) is 16.8. The summed E-state index contributed by atoms with van der Waals surface area (Å²) in [7, 11) is 0. The van der Waals surface area contributed by atoms with Crippen LogP contribution in [0.2, 0.25) is 5.02 Å². The number of benzene rings is 3. The molecule has 0 spiro atoms. The Morgan fingerprint density at radius 3 is 2.32 bits per heavy atom. The Kier molecular flexibility index (Phi) is 3.11. The molecular weight excluding hydrogens is 332 g/mol. The number of aromatic nitrogens is 2. The average Bonchev–Trinajstić information content (AvgIpc) is 3.27. The van der Waals surface area contributed by atoms with Gasteiger partial charge in [0.25, 0.3) is 0 Å². The summed E-state index contributed by atoms with van der Waals surface area (Å²) in [4.78, 5) is 6.66. The minimum atomic E-state index is 0.688. The number of nitrogens with zero attached hydrogens (tertiary/aromatic N) is 2. The molecule has 0 radical (unpaired) electrons. The maximum Gasteiger partial charge on any atom is 0.111 e. The summed E-state index contributed by atoms with van der Waals surface area (Å²) in [6, 6.07) is 17.9. The molecule has 0 aliphatic rings. The van der Waals surface area contributed by atoms with E-state index in [1.807, 2.05) is 24.5 Å². The Morgan fingerprint density at radius 2 is 1.44 bits per heavy atom. The fourth-order valence-corrected chi connectivity index (χ4v) is 3.35. The standard InChI is InChI=1S/C20H13ClN4/c21-13-2-4-14(5-3-13)24-25-18-11-23-20-16-6-1-12-9-10-22-19(12)15(16)7-8-17(18)20/h1-11,22-23H. The van der Waals surface area contributed by atoms with Gasteiger partial charge in [0.05, 0.1) is 16.7 Å². The van der Waals surface area contributed by atoms with Gasteiger partial charge in [-0.15, -0.1) is 5.11 Å². The summed E-state index contributed by atoms with van der Waals surface area (Å²) in [6.07, 6.45) is 3.86. The lowest BCUT2D eigenvalue weighted by atomic mass is 10.0. The Morgan fingerprint density at radius 1 is 0.680 bits per heavy atom. The molecule has 5 heteroatoms. The van der Waals surface area contributed by atoms with Crippen LogP contribution in [0.15, 0.2) is 77.2 Å².